The second-order valence-corrected chi connectivity index (χ2v) is 9.55. The molecule has 3 fully saturated rings. The predicted octanol–water partition coefficient (Wildman–Crippen LogP) is 4.86. The van der Waals surface area contributed by atoms with Gasteiger partial charge in [-0.2, -0.15) is 0 Å². The summed E-state index contributed by atoms with van der Waals surface area (Å²) in [7, 11) is 0. The Morgan fingerprint density at radius 1 is 0.652 bits per heavy atom. The van der Waals surface area contributed by atoms with Gasteiger partial charge in [-0.25, -0.2) is 0 Å². The smallest absolute Gasteiger partial charge is 0.0927 e. The molecule has 0 N–H and O–H groups in total. The van der Waals surface area contributed by atoms with Gasteiger partial charge in [0.15, 0.2) is 0 Å². The first-order chi connectivity index (χ1) is 10.9. The summed E-state index contributed by atoms with van der Waals surface area (Å²) in [5.41, 5.74) is 0. The fourth-order valence-electron chi connectivity index (χ4n) is 6.11. The minimum Gasteiger partial charge on any atom is -0.281 e. The van der Waals surface area contributed by atoms with Crippen molar-refractivity contribution in [3.05, 3.63) is 6.67 Å². The van der Waals surface area contributed by atoms with Crippen molar-refractivity contribution in [3.63, 3.8) is 0 Å². The molecule has 3 rings (SSSR count). The summed E-state index contributed by atoms with van der Waals surface area (Å²) in [6.45, 7) is 19.8. The lowest BCUT2D eigenvalue weighted by Gasteiger charge is -2.44. The Kier molecular flexibility index (Phi) is 5.43. The van der Waals surface area contributed by atoms with E-state index < -0.39 is 0 Å². The quantitative estimate of drug-likeness (QED) is 0.717. The Morgan fingerprint density at radius 2 is 1.17 bits per heavy atom. The molecule has 0 aromatic rings. The Labute approximate surface area is 145 Å². The summed E-state index contributed by atoms with van der Waals surface area (Å²) in [6, 6.07) is 1.56. The third-order valence-corrected chi connectivity index (χ3v) is 7.56. The molecule has 1 radical (unpaired) electrons. The summed E-state index contributed by atoms with van der Waals surface area (Å²) >= 11 is 0. The van der Waals surface area contributed by atoms with E-state index in [1.165, 1.54) is 38.8 Å². The third-order valence-electron chi connectivity index (χ3n) is 7.56. The molecule has 0 bridgehead atoms. The molecule has 2 saturated carbocycles. The van der Waals surface area contributed by atoms with Crippen molar-refractivity contribution in [2.24, 2.45) is 35.5 Å². The number of nitrogens with zero attached hydrogens (tertiary/aromatic N) is 2. The Hall–Kier alpha value is -0.0800. The fraction of sp³-hybridized carbons (Fsp3) is 0.952. The lowest BCUT2D eigenvalue weighted by molar-refractivity contribution is 0.0621. The molecule has 2 heteroatoms. The van der Waals surface area contributed by atoms with E-state index in [0.29, 0.717) is 0 Å². The predicted molar refractivity (Wildman–Crippen MR) is 98.7 cm³/mol. The normalized spacial score (nSPS) is 50.3. The van der Waals surface area contributed by atoms with Crippen LogP contribution < -0.4 is 0 Å². The summed E-state index contributed by atoms with van der Waals surface area (Å²) in [6.07, 6.45) is 5.61. The van der Waals surface area contributed by atoms with E-state index in [-0.39, 0.29) is 0 Å². The van der Waals surface area contributed by atoms with Crippen LogP contribution in [-0.4, -0.2) is 35.0 Å². The molecule has 133 valence electrons. The summed E-state index contributed by atoms with van der Waals surface area (Å²) < 4.78 is 0. The molecule has 1 aliphatic heterocycles. The summed E-state index contributed by atoms with van der Waals surface area (Å²) in [4.78, 5) is 5.42. The number of hydrogen-bond donors (Lipinski definition) is 0. The average Bonchev–Trinajstić information content (AvgIpc) is 2.92. The zero-order chi connectivity index (χ0) is 16.7. The second kappa shape index (κ2) is 7.04. The van der Waals surface area contributed by atoms with Gasteiger partial charge in [-0.1, -0.05) is 41.5 Å². The monoisotopic (exact) mass is 319 g/mol. The van der Waals surface area contributed by atoms with Crippen molar-refractivity contribution in [1.82, 2.24) is 9.80 Å². The molecule has 0 amide bonds. The third kappa shape index (κ3) is 3.63. The van der Waals surface area contributed by atoms with Crippen LogP contribution in [0.1, 0.15) is 67.2 Å². The molecular formula is C21H39N2. The highest BCUT2D eigenvalue weighted by molar-refractivity contribution is 4.97. The average molecular weight is 320 g/mol. The van der Waals surface area contributed by atoms with Crippen molar-refractivity contribution in [1.29, 1.82) is 0 Å². The highest BCUT2D eigenvalue weighted by Gasteiger charge is 2.41. The van der Waals surface area contributed by atoms with Gasteiger partial charge in [0.05, 0.1) is 6.67 Å². The van der Waals surface area contributed by atoms with E-state index in [1.807, 2.05) is 0 Å². The minimum absolute atomic E-state index is 0.772. The molecule has 2 nitrogen and oxygen atoms in total. The van der Waals surface area contributed by atoms with Crippen LogP contribution >= 0.6 is 0 Å². The van der Waals surface area contributed by atoms with Crippen LogP contribution in [0.2, 0.25) is 0 Å². The molecule has 0 spiro atoms. The molecule has 23 heavy (non-hydrogen) atoms. The molecule has 0 aromatic heterocycles. The van der Waals surface area contributed by atoms with Crippen molar-refractivity contribution in [2.75, 3.05) is 13.1 Å². The Balaban J connectivity index is 1.60. The van der Waals surface area contributed by atoms with Crippen LogP contribution in [0.25, 0.3) is 0 Å². The van der Waals surface area contributed by atoms with Crippen molar-refractivity contribution in [3.8, 4) is 0 Å². The van der Waals surface area contributed by atoms with Gasteiger partial charge in [0.25, 0.3) is 0 Å². The van der Waals surface area contributed by atoms with Gasteiger partial charge in [0.2, 0.25) is 0 Å². The van der Waals surface area contributed by atoms with Crippen molar-refractivity contribution >= 4 is 0 Å². The standard InChI is InChI=1S/C21H39N2/c1-14-9-17(4)21(18(5)10-14)23-8-7-22(13-23)20-11-15(2)19(6)16(3)12-20/h13-21H,7-12H2,1-6H3/t14?,15-,16-,17-,18-,19?,20?,21?/m0/s1. The SMILES string of the molecule is CC1C[C@H](C)C(N2[CH]N(C3C[C@H](C)C(C)[C@@H](C)C3)CC2)[C@@H](C)C1. The van der Waals surface area contributed by atoms with E-state index in [1.54, 1.807) is 0 Å². The minimum atomic E-state index is 0.772. The van der Waals surface area contributed by atoms with Gasteiger partial charge in [0, 0.05) is 25.2 Å². The van der Waals surface area contributed by atoms with Gasteiger partial charge in [-0.05, 0) is 61.2 Å². The largest absolute Gasteiger partial charge is 0.281 e. The van der Waals surface area contributed by atoms with Crippen LogP contribution in [0.15, 0.2) is 0 Å². The van der Waals surface area contributed by atoms with Crippen LogP contribution in [0.4, 0.5) is 0 Å². The molecule has 4 atom stereocenters. The van der Waals surface area contributed by atoms with Crippen LogP contribution in [-0.2, 0) is 0 Å². The Morgan fingerprint density at radius 3 is 1.74 bits per heavy atom. The fourth-order valence-corrected chi connectivity index (χ4v) is 6.11. The van der Waals surface area contributed by atoms with E-state index in [9.17, 15) is 0 Å². The van der Waals surface area contributed by atoms with Gasteiger partial charge < -0.3 is 0 Å². The maximum absolute atomic E-state index is 2.72. The first-order valence-corrected chi connectivity index (χ1v) is 10.2. The molecule has 1 saturated heterocycles. The maximum atomic E-state index is 2.72. The van der Waals surface area contributed by atoms with Crippen LogP contribution in [0.3, 0.4) is 0 Å². The zero-order valence-electron chi connectivity index (χ0n) is 16.3. The van der Waals surface area contributed by atoms with Crippen molar-refractivity contribution in [2.45, 2.75) is 79.3 Å². The maximum Gasteiger partial charge on any atom is 0.0927 e. The van der Waals surface area contributed by atoms with Crippen molar-refractivity contribution < 1.29 is 0 Å². The van der Waals surface area contributed by atoms with Gasteiger partial charge in [-0.15, -0.1) is 0 Å². The zero-order valence-corrected chi connectivity index (χ0v) is 16.3. The lowest BCUT2D eigenvalue weighted by Crippen LogP contribution is -2.46. The molecule has 2 aliphatic carbocycles. The summed E-state index contributed by atoms with van der Waals surface area (Å²) in [5.74, 6) is 5.24. The highest BCUT2D eigenvalue weighted by Crippen LogP contribution is 2.41. The lowest BCUT2D eigenvalue weighted by atomic mass is 9.72. The highest BCUT2D eigenvalue weighted by atomic mass is 15.4. The van der Waals surface area contributed by atoms with E-state index in [4.69, 9.17) is 0 Å². The molecular weight excluding hydrogens is 280 g/mol. The topological polar surface area (TPSA) is 6.48 Å². The van der Waals surface area contributed by atoms with Gasteiger partial charge in [0.1, 0.15) is 0 Å². The van der Waals surface area contributed by atoms with E-state index in [2.05, 4.69) is 58.0 Å². The van der Waals surface area contributed by atoms with Gasteiger partial charge >= 0.3 is 0 Å². The Bertz CT molecular complexity index is 371. The molecule has 1 heterocycles. The number of rotatable bonds is 2. The first-order valence-electron chi connectivity index (χ1n) is 10.2. The molecule has 3 aliphatic rings. The van der Waals surface area contributed by atoms with E-state index in [0.717, 1.165) is 47.6 Å². The number of hydrogen-bond acceptors (Lipinski definition) is 2. The summed E-state index contributed by atoms with van der Waals surface area (Å²) in [5, 5.41) is 0. The molecule has 0 aromatic carbocycles. The first kappa shape index (κ1) is 17.7. The van der Waals surface area contributed by atoms with Crippen LogP contribution in [0.5, 0.6) is 0 Å². The second-order valence-electron chi connectivity index (χ2n) is 9.55. The van der Waals surface area contributed by atoms with Gasteiger partial charge in [-0.3, -0.25) is 9.80 Å². The van der Waals surface area contributed by atoms with Crippen LogP contribution in [0, 0.1) is 42.2 Å². The molecule has 0 unspecified atom stereocenters. The van der Waals surface area contributed by atoms with E-state index >= 15 is 0 Å².